The number of hydrogen-bond acceptors (Lipinski definition) is 1. The number of primary amides is 1. The molecule has 2 aromatic rings. The van der Waals surface area contributed by atoms with Gasteiger partial charge in [0, 0.05) is 25.7 Å². The molecule has 2 N–H and O–H groups in total. The molecule has 1 amide bonds. The summed E-state index contributed by atoms with van der Waals surface area (Å²) < 4.78 is 1.15. The summed E-state index contributed by atoms with van der Waals surface area (Å²) in [6.45, 7) is 0. The summed E-state index contributed by atoms with van der Waals surface area (Å²) in [5.74, 6) is 0.299. The second-order valence-corrected chi connectivity index (χ2v) is 9.06. The number of carbonyl (C=O) groups is 1. The fourth-order valence-corrected chi connectivity index (χ4v) is 5.83. The van der Waals surface area contributed by atoms with Crippen molar-refractivity contribution in [2.75, 3.05) is 14.1 Å². The lowest BCUT2D eigenvalue weighted by Gasteiger charge is -2.46. The number of nitrogens with two attached hydrogens (primary N) is 1. The lowest BCUT2D eigenvalue weighted by molar-refractivity contribution is -0.931. The first-order valence-corrected chi connectivity index (χ1v) is 10.2. The number of hydrogen-bond donors (Lipinski definition) is 1. The summed E-state index contributed by atoms with van der Waals surface area (Å²) in [4.78, 5) is 13.0. The first-order chi connectivity index (χ1) is 12.9. The van der Waals surface area contributed by atoms with E-state index in [1.165, 1.54) is 25.7 Å². The Kier molecular flexibility index (Phi) is 6.20. The maximum atomic E-state index is 13.0. The highest BCUT2D eigenvalue weighted by Gasteiger charge is 2.51. The number of quaternary nitrogens is 1. The van der Waals surface area contributed by atoms with E-state index in [1.54, 1.807) is 0 Å². The zero-order chi connectivity index (χ0) is 19.1. The molecule has 2 aliphatic rings. The molecule has 4 heteroatoms. The predicted octanol–water partition coefficient (Wildman–Crippen LogP) is 0.870. The van der Waals surface area contributed by atoms with Gasteiger partial charge in [0.2, 0.25) is 5.91 Å². The van der Waals surface area contributed by atoms with E-state index in [9.17, 15) is 4.79 Å². The van der Waals surface area contributed by atoms with Crippen LogP contribution in [-0.2, 0) is 10.2 Å². The Bertz CT molecular complexity index is 750. The van der Waals surface area contributed by atoms with Gasteiger partial charge in [-0.15, -0.1) is 0 Å². The van der Waals surface area contributed by atoms with E-state index in [-0.39, 0.29) is 29.9 Å². The number of fused-ring (bicyclic) bond motifs is 2. The van der Waals surface area contributed by atoms with Crippen molar-refractivity contribution < 1.29 is 33.3 Å². The van der Waals surface area contributed by atoms with Crippen LogP contribution in [0.4, 0.5) is 0 Å². The van der Waals surface area contributed by atoms with Gasteiger partial charge in [0.15, 0.2) is 0 Å². The molecule has 0 saturated carbocycles. The molecule has 2 bridgehead atoms. The molecule has 2 heterocycles. The van der Waals surface area contributed by atoms with Gasteiger partial charge < -0.3 is 34.2 Å². The van der Waals surface area contributed by atoms with Crippen LogP contribution in [0.2, 0.25) is 0 Å². The summed E-state index contributed by atoms with van der Waals surface area (Å²) in [5.41, 5.74) is 7.45. The second kappa shape index (κ2) is 8.15. The first-order valence-electron chi connectivity index (χ1n) is 10.2. The molecule has 2 aromatic carbocycles. The molecule has 150 valence electrons. The lowest BCUT2D eigenvalue weighted by Crippen LogP contribution is -3.00. The van der Waals surface area contributed by atoms with Gasteiger partial charge in [-0.3, -0.25) is 4.79 Å². The summed E-state index contributed by atoms with van der Waals surface area (Å²) in [7, 11) is 4.77. The minimum atomic E-state index is -0.749. The van der Waals surface area contributed by atoms with Crippen molar-refractivity contribution in [1.29, 1.82) is 0 Å². The Morgan fingerprint density at radius 2 is 1.36 bits per heavy atom. The highest BCUT2D eigenvalue weighted by molar-refractivity contribution is 5.90. The Hall–Kier alpha value is -1.40. The lowest BCUT2D eigenvalue weighted by atomic mass is 9.66. The summed E-state index contributed by atoms with van der Waals surface area (Å²) in [5, 5.41) is 0. The number of nitrogens with zero attached hydrogens (tertiary/aromatic N) is 1. The Labute approximate surface area is 185 Å². The van der Waals surface area contributed by atoms with Crippen LogP contribution in [-0.4, -0.2) is 36.6 Å². The molecule has 2 saturated heterocycles. The van der Waals surface area contributed by atoms with Crippen LogP contribution in [0.5, 0.6) is 0 Å². The second-order valence-electron chi connectivity index (χ2n) is 9.06. The molecule has 2 aliphatic heterocycles. The van der Waals surface area contributed by atoms with E-state index in [0.29, 0.717) is 18.0 Å². The summed E-state index contributed by atoms with van der Waals surface area (Å²) >= 11 is 0. The van der Waals surface area contributed by atoms with Crippen LogP contribution in [0.15, 0.2) is 60.7 Å². The van der Waals surface area contributed by atoms with Crippen molar-refractivity contribution >= 4 is 5.91 Å². The molecule has 28 heavy (non-hydrogen) atoms. The minimum absolute atomic E-state index is 0. The van der Waals surface area contributed by atoms with E-state index >= 15 is 0 Å². The van der Waals surface area contributed by atoms with Gasteiger partial charge in [0.1, 0.15) is 0 Å². The maximum absolute atomic E-state index is 13.0. The average Bonchev–Trinajstić information content (AvgIpc) is 2.85. The van der Waals surface area contributed by atoms with Gasteiger partial charge in [-0.05, 0) is 23.5 Å². The highest BCUT2D eigenvalue weighted by atomic mass is 127. The number of carbonyl (C=O) groups excluding carboxylic acids is 1. The van der Waals surface area contributed by atoms with Gasteiger partial charge in [0.25, 0.3) is 0 Å². The van der Waals surface area contributed by atoms with E-state index in [0.717, 1.165) is 22.0 Å². The molecule has 0 aliphatic carbocycles. The number of benzene rings is 2. The van der Waals surface area contributed by atoms with E-state index in [2.05, 4.69) is 38.4 Å². The summed E-state index contributed by atoms with van der Waals surface area (Å²) in [6, 6.07) is 21.7. The smallest absolute Gasteiger partial charge is 0.232 e. The molecule has 2 fully saturated rings. The number of rotatable bonds is 5. The van der Waals surface area contributed by atoms with E-state index < -0.39 is 5.41 Å². The normalized spacial score (nSPS) is 25.7. The Morgan fingerprint density at radius 3 is 1.75 bits per heavy atom. The zero-order valence-electron chi connectivity index (χ0n) is 16.9. The van der Waals surface area contributed by atoms with E-state index in [1.807, 2.05) is 36.4 Å². The molecule has 2 atom stereocenters. The van der Waals surface area contributed by atoms with Crippen molar-refractivity contribution in [2.24, 2.45) is 11.7 Å². The predicted molar refractivity (Wildman–Crippen MR) is 109 cm³/mol. The van der Waals surface area contributed by atoms with Crippen molar-refractivity contribution in [2.45, 2.75) is 49.6 Å². The van der Waals surface area contributed by atoms with E-state index in [4.69, 9.17) is 5.73 Å². The number of piperidine rings is 1. The molecule has 4 rings (SSSR count). The molecule has 0 unspecified atom stereocenters. The van der Waals surface area contributed by atoms with Crippen LogP contribution in [0.3, 0.4) is 0 Å². The van der Waals surface area contributed by atoms with Crippen LogP contribution in [0, 0.1) is 5.92 Å². The monoisotopic (exact) mass is 490 g/mol. The van der Waals surface area contributed by atoms with Crippen molar-refractivity contribution in [3.63, 3.8) is 0 Å². The number of amides is 1. The third-order valence-corrected chi connectivity index (χ3v) is 7.47. The van der Waals surface area contributed by atoms with Gasteiger partial charge >= 0.3 is 0 Å². The van der Waals surface area contributed by atoms with Crippen LogP contribution >= 0.6 is 0 Å². The third-order valence-electron chi connectivity index (χ3n) is 7.47. The minimum Gasteiger partial charge on any atom is -1.00 e. The topological polar surface area (TPSA) is 43.1 Å². The van der Waals surface area contributed by atoms with Gasteiger partial charge in [-0.2, -0.15) is 0 Å². The quantitative estimate of drug-likeness (QED) is 0.491. The van der Waals surface area contributed by atoms with Crippen LogP contribution in [0.1, 0.15) is 43.2 Å². The fourth-order valence-electron chi connectivity index (χ4n) is 5.83. The largest absolute Gasteiger partial charge is 1.00 e. The first kappa shape index (κ1) is 21.3. The van der Waals surface area contributed by atoms with Gasteiger partial charge in [-0.1, -0.05) is 60.7 Å². The molecule has 3 nitrogen and oxygen atoms in total. The van der Waals surface area contributed by atoms with Gasteiger partial charge in [-0.25, -0.2) is 0 Å². The van der Waals surface area contributed by atoms with Crippen molar-refractivity contribution in [1.82, 2.24) is 0 Å². The molecule has 0 spiro atoms. The Morgan fingerprint density at radius 1 is 0.929 bits per heavy atom. The molecule has 0 radical (unpaired) electrons. The summed E-state index contributed by atoms with van der Waals surface area (Å²) in [6.07, 6.45) is 5.82. The molecule has 0 aromatic heterocycles. The SMILES string of the molecule is C[N+]1(C)[C@H]2CC[C@H]1CC(CC(C(N)=O)(c1ccccc1)c1ccccc1)C2.[I-]. The maximum Gasteiger partial charge on any atom is 0.232 e. The van der Waals surface area contributed by atoms with Crippen molar-refractivity contribution in [3.05, 3.63) is 71.8 Å². The standard InChI is InChI=1S/C24H30N2O.HI/c1-26(2)21-13-14-22(26)16-18(15-21)17-24(23(25)27,19-9-5-3-6-10-19)20-11-7-4-8-12-20;/h3-12,18,21-22H,13-17H2,1-2H3,(H-,25,27);1H/t21-,22-;/m0./s1. The Balaban J connectivity index is 0.00000225. The van der Waals surface area contributed by atoms with Crippen molar-refractivity contribution in [3.8, 4) is 0 Å². The number of halogens is 1. The molecular formula is C24H31IN2O. The molecular weight excluding hydrogens is 459 g/mol. The van der Waals surface area contributed by atoms with Crippen LogP contribution < -0.4 is 29.7 Å². The average molecular weight is 490 g/mol. The fraction of sp³-hybridized carbons (Fsp3) is 0.458. The van der Waals surface area contributed by atoms with Crippen LogP contribution in [0.25, 0.3) is 0 Å². The third kappa shape index (κ3) is 3.50. The zero-order valence-corrected chi connectivity index (χ0v) is 19.0. The van der Waals surface area contributed by atoms with Gasteiger partial charge in [0.05, 0.1) is 31.6 Å². The highest BCUT2D eigenvalue weighted by Crippen LogP contribution is 2.47.